The zero-order chi connectivity index (χ0) is 13.8. The van der Waals surface area contributed by atoms with Crippen LogP contribution in [-0.4, -0.2) is 24.8 Å². The summed E-state index contributed by atoms with van der Waals surface area (Å²) in [6, 6.07) is 4.05. The molecule has 18 heavy (non-hydrogen) atoms. The van der Waals surface area contributed by atoms with Crippen LogP contribution in [-0.2, 0) is 9.47 Å². The van der Waals surface area contributed by atoms with Gasteiger partial charge in [-0.15, -0.1) is 0 Å². The van der Waals surface area contributed by atoms with Crippen LogP contribution in [0.1, 0.15) is 31.1 Å². The van der Waals surface area contributed by atoms with Crippen molar-refractivity contribution in [2.24, 2.45) is 0 Å². The first-order valence-corrected chi connectivity index (χ1v) is 5.66. The van der Waals surface area contributed by atoms with Crippen LogP contribution >= 0.6 is 0 Å². The molecule has 1 aromatic carbocycles. The molecule has 0 atom stereocenters. The van der Waals surface area contributed by atoms with Gasteiger partial charge < -0.3 is 15.2 Å². The van der Waals surface area contributed by atoms with E-state index < -0.39 is 11.8 Å². The normalized spacial score (nSPS) is 11.3. The molecule has 0 aromatic heterocycles. The zero-order valence-corrected chi connectivity index (χ0v) is 10.8. The van der Waals surface area contributed by atoms with Gasteiger partial charge >= 0.3 is 5.97 Å². The van der Waals surface area contributed by atoms with E-state index in [-0.39, 0.29) is 30.1 Å². The molecule has 0 saturated heterocycles. The number of esters is 1. The Morgan fingerprint density at radius 3 is 2.56 bits per heavy atom. The monoisotopic (exact) mass is 255 g/mol. The minimum Gasteiger partial charge on any atom is -0.460 e. The van der Waals surface area contributed by atoms with Gasteiger partial charge in [0.2, 0.25) is 0 Å². The number of halogens is 1. The summed E-state index contributed by atoms with van der Waals surface area (Å²) in [7, 11) is 0. The molecule has 0 saturated carbocycles. The number of benzene rings is 1. The smallest absolute Gasteiger partial charge is 0.343 e. The van der Waals surface area contributed by atoms with Crippen molar-refractivity contribution in [3.05, 3.63) is 29.6 Å². The van der Waals surface area contributed by atoms with Crippen molar-refractivity contribution in [1.29, 1.82) is 0 Å². The van der Waals surface area contributed by atoms with Crippen molar-refractivity contribution in [2.75, 3.05) is 18.9 Å². The minimum absolute atomic E-state index is 0.0594. The molecule has 0 heterocycles. The standard InChI is InChI=1S/C13H18FNO3/c1-13(2,3)18-8-7-17-12(16)11-9(14)5-4-6-10(11)15/h4-6H,7-8,15H2,1-3H3. The lowest BCUT2D eigenvalue weighted by molar-refractivity contribution is -0.0282. The Bertz CT molecular complexity index is 406. The fourth-order valence-electron chi connectivity index (χ4n) is 1.31. The maximum absolute atomic E-state index is 13.4. The van der Waals surface area contributed by atoms with Crippen LogP contribution in [0.3, 0.4) is 0 Å². The van der Waals surface area contributed by atoms with Gasteiger partial charge in [-0.1, -0.05) is 6.07 Å². The fourth-order valence-corrected chi connectivity index (χ4v) is 1.31. The largest absolute Gasteiger partial charge is 0.460 e. The maximum atomic E-state index is 13.4. The Balaban J connectivity index is 2.51. The van der Waals surface area contributed by atoms with Crippen LogP contribution < -0.4 is 5.73 Å². The van der Waals surface area contributed by atoms with E-state index in [1.807, 2.05) is 20.8 Å². The molecule has 4 nitrogen and oxygen atoms in total. The highest BCUT2D eigenvalue weighted by Gasteiger charge is 2.17. The van der Waals surface area contributed by atoms with E-state index in [0.29, 0.717) is 0 Å². The predicted octanol–water partition coefficient (Wildman–Crippen LogP) is 2.38. The molecular formula is C13H18FNO3. The van der Waals surface area contributed by atoms with E-state index in [0.717, 1.165) is 0 Å². The number of rotatable bonds is 4. The fraction of sp³-hybridized carbons (Fsp3) is 0.462. The number of anilines is 1. The van der Waals surface area contributed by atoms with Gasteiger partial charge in [-0.25, -0.2) is 9.18 Å². The number of ether oxygens (including phenoxy) is 2. The first-order chi connectivity index (χ1) is 8.31. The summed E-state index contributed by atoms with van der Waals surface area (Å²) in [4.78, 5) is 11.6. The van der Waals surface area contributed by atoms with Crippen molar-refractivity contribution in [3.63, 3.8) is 0 Å². The van der Waals surface area contributed by atoms with Gasteiger partial charge in [0, 0.05) is 5.69 Å². The number of carbonyl (C=O) groups excluding carboxylic acids is 1. The topological polar surface area (TPSA) is 61.5 Å². The highest BCUT2D eigenvalue weighted by Crippen LogP contribution is 2.16. The second-order valence-electron chi connectivity index (χ2n) is 4.80. The summed E-state index contributed by atoms with van der Waals surface area (Å²) in [6.45, 7) is 5.99. The van der Waals surface area contributed by atoms with E-state index >= 15 is 0 Å². The Morgan fingerprint density at radius 2 is 2.00 bits per heavy atom. The molecule has 0 radical (unpaired) electrons. The molecule has 2 N–H and O–H groups in total. The summed E-state index contributed by atoms with van der Waals surface area (Å²) < 4.78 is 23.7. The van der Waals surface area contributed by atoms with Gasteiger partial charge in [0.1, 0.15) is 18.0 Å². The molecule has 0 aliphatic heterocycles. The quantitative estimate of drug-likeness (QED) is 0.510. The van der Waals surface area contributed by atoms with E-state index in [2.05, 4.69) is 0 Å². The number of hydrogen-bond acceptors (Lipinski definition) is 4. The van der Waals surface area contributed by atoms with Crippen LogP contribution in [0.2, 0.25) is 0 Å². The third kappa shape index (κ3) is 4.33. The molecule has 0 aliphatic rings. The van der Waals surface area contributed by atoms with E-state index in [1.165, 1.54) is 18.2 Å². The SMILES string of the molecule is CC(C)(C)OCCOC(=O)c1c(N)cccc1F. The van der Waals surface area contributed by atoms with E-state index in [4.69, 9.17) is 15.2 Å². The van der Waals surface area contributed by atoms with Gasteiger partial charge in [-0.05, 0) is 32.9 Å². The van der Waals surface area contributed by atoms with Gasteiger partial charge in [0.05, 0.1) is 12.2 Å². The Morgan fingerprint density at radius 1 is 1.33 bits per heavy atom. The molecule has 1 rings (SSSR count). The number of carbonyl (C=O) groups is 1. The van der Waals surface area contributed by atoms with Crippen molar-refractivity contribution in [3.8, 4) is 0 Å². The lowest BCUT2D eigenvalue weighted by Crippen LogP contribution is -2.23. The summed E-state index contributed by atoms with van der Waals surface area (Å²) in [5.41, 5.74) is 5.06. The van der Waals surface area contributed by atoms with E-state index in [9.17, 15) is 9.18 Å². The second-order valence-corrected chi connectivity index (χ2v) is 4.80. The van der Waals surface area contributed by atoms with Crippen molar-refractivity contribution in [2.45, 2.75) is 26.4 Å². The summed E-state index contributed by atoms with van der Waals surface area (Å²) in [6.07, 6.45) is 0. The number of nitrogens with two attached hydrogens (primary N) is 1. The number of nitrogen functional groups attached to an aromatic ring is 1. The minimum atomic E-state index is -0.775. The first kappa shape index (κ1) is 14.4. The lowest BCUT2D eigenvalue weighted by atomic mass is 10.2. The van der Waals surface area contributed by atoms with Crippen LogP contribution in [0.4, 0.5) is 10.1 Å². The number of hydrogen-bond donors (Lipinski definition) is 1. The Kier molecular flexibility index (Phi) is 4.67. The molecule has 0 spiro atoms. The van der Waals surface area contributed by atoms with Crippen molar-refractivity contribution >= 4 is 11.7 Å². The maximum Gasteiger partial charge on any atom is 0.343 e. The molecule has 0 fully saturated rings. The average molecular weight is 255 g/mol. The molecule has 0 amide bonds. The Labute approximate surface area is 106 Å². The third-order valence-electron chi connectivity index (χ3n) is 2.10. The van der Waals surface area contributed by atoms with Gasteiger partial charge in [-0.3, -0.25) is 0 Å². The zero-order valence-electron chi connectivity index (χ0n) is 10.8. The average Bonchev–Trinajstić information content (AvgIpc) is 2.23. The van der Waals surface area contributed by atoms with Gasteiger partial charge in [-0.2, -0.15) is 0 Å². The Hall–Kier alpha value is -1.62. The molecule has 0 aliphatic carbocycles. The van der Waals surface area contributed by atoms with Crippen LogP contribution in [0, 0.1) is 5.82 Å². The molecule has 0 bridgehead atoms. The molecule has 5 heteroatoms. The van der Waals surface area contributed by atoms with E-state index in [1.54, 1.807) is 0 Å². The highest BCUT2D eigenvalue weighted by molar-refractivity contribution is 5.95. The van der Waals surface area contributed by atoms with Crippen LogP contribution in [0.15, 0.2) is 18.2 Å². The molecule has 1 aromatic rings. The molecule has 100 valence electrons. The second kappa shape index (κ2) is 5.82. The predicted molar refractivity (Wildman–Crippen MR) is 66.8 cm³/mol. The van der Waals surface area contributed by atoms with Crippen molar-refractivity contribution < 1.29 is 18.7 Å². The third-order valence-corrected chi connectivity index (χ3v) is 2.10. The lowest BCUT2D eigenvalue weighted by Gasteiger charge is -2.19. The summed E-state index contributed by atoms with van der Waals surface area (Å²) in [5.74, 6) is -1.46. The molecule has 0 unspecified atom stereocenters. The summed E-state index contributed by atoms with van der Waals surface area (Å²) >= 11 is 0. The van der Waals surface area contributed by atoms with Crippen LogP contribution in [0.5, 0.6) is 0 Å². The van der Waals surface area contributed by atoms with Crippen molar-refractivity contribution in [1.82, 2.24) is 0 Å². The highest BCUT2D eigenvalue weighted by atomic mass is 19.1. The van der Waals surface area contributed by atoms with Gasteiger partial charge in [0.25, 0.3) is 0 Å². The van der Waals surface area contributed by atoms with Crippen LogP contribution in [0.25, 0.3) is 0 Å². The molecular weight excluding hydrogens is 237 g/mol. The first-order valence-electron chi connectivity index (χ1n) is 5.66. The van der Waals surface area contributed by atoms with Gasteiger partial charge in [0.15, 0.2) is 0 Å². The summed E-state index contributed by atoms with van der Waals surface area (Å²) in [5, 5.41) is 0.